The molecule has 0 bridgehead atoms. The second-order valence-electron chi connectivity index (χ2n) is 4.42. The van der Waals surface area contributed by atoms with Crippen molar-refractivity contribution in [3.8, 4) is 0 Å². The molecule has 1 aromatic heterocycles. The Morgan fingerprint density at radius 2 is 1.95 bits per heavy atom. The second kappa shape index (κ2) is 5.01. The van der Waals surface area contributed by atoms with Crippen LogP contribution in [0.25, 0.3) is 11.0 Å². The molecule has 3 nitrogen and oxygen atoms in total. The average molecular weight is 385 g/mol. The van der Waals surface area contributed by atoms with E-state index in [1.807, 2.05) is 18.2 Å². The van der Waals surface area contributed by atoms with Crippen molar-refractivity contribution in [2.75, 3.05) is 5.73 Å². The van der Waals surface area contributed by atoms with Gasteiger partial charge in [-0.3, -0.25) is 0 Å². The zero-order valence-electron chi connectivity index (χ0n) is 10.3. The third kappa shape index (κ3) is 2.35. The van der Waals surface area contributed by atoms with Gasteiger partial charge in [-0.05, 0) is 59.0 Å². The maximum Gasteiger partial charge on any atom is 0.201 e. The van der Waals surface area contributed by atoms with Crippen LogP contribution in [0.5, 0.6) is 0 Å². The second-order valence-corrected chi connectivity index (χ2v) is 5.67. The molecule has 0 saturated heterocycles. The molecule has 0 amide bonds. The summed E-state index contributed by atoms with van der Waals surface area (Å²) in [5.74, 6) is -0.650. The first kappa shape index (κ1) is 13.3. The molecule has 0 spiro atoms. The summed E-state index contributed by atoms with van der Waals surface area (Å²) in [6, 6.07) is 9.07. The molecule has 1 heterocycles. The van der Waals surface area contributed by atoms with Gasteiger partial charge in [0.05, 0.1) is 17.6 Å². The maximum absolute atomic E-state index is 13.7. The quantitative estimate of drug-likeness (QED) is 0.686. The molecule has 20 heavy (non-hydrogen) atoms. The summed E-state index contributed by atoms with van der Waals surface area (Å²) < 4.78 is 29.6. The molecular formula is C14H10F2IN3. The number of nitrogen functional groups attached to an aromatic ring is 1. The molecule has 6 heteroatoms. The molecular weight excluding hydrogens is 375 g/mol. The first-order valence-corrected chi connectivity index (χ1v) is 6.97. The van der Waals surface area contributed by atoms with Crippen molar-refractivity contribution in [2.24, 2.45) is 0 Å². The Kier molecular flexibility index (Phi) is 3.33. The van der Waals surface area contributed by atoms with E-state index >= 15 is 0 Å². The first-order valence-electron chi connectivity index (χ1n) is 5.90. The van der Waals surface area contributed by atoms with E-state index in [9.17, 15) is 8.78 Å². The monoisotopic (exact) mass is 385 g/mol. The van der Waals surface area contributed by atoms with Crippen molar-refractivity contribution in [3.05, 3.63) is 57.2 Å². The van der Waals surface area contributed by atoms with E-state index in [0.29, 0.717) is 0 Å². The van der Waals surface area contributed by atoms with Gasteiger partial charge in [0.1, 0.15) is 11.6 Å². The van der Waals surface area contributed by atoms with Gasteiger partial charge in [0.25, 0.3) is 0 Å². The number of aromatic nitrogens is 2. The van der Waals surface area contributed by atoms with Gasteiger partial charge in [-0.2, -0.15) is 0 Å². The normalized spacial score (nSPS) is 11.2. The summed E-state index contributed by atoms with van der Waals surface area (Å²) in [6.07, 6.45) is 0. The molecule has 3 rings (SSSR count). The summed E-state index contributed by atoms with van der Waals surface area (Å²) in [4.78, 5) is 4.24. The van der Waals surface area contributed by atoms with Crippen molar-refractivity contribution in [3.63, 3.8) is 0 Å². The first-order chi connectivity index (χ1) is 9.54. The zero-order valence-corrected chi connectivity index (χ0v) is 12.4. The Morgan fingerprint density at radius 3 is 2.75 bits per heavy atom. The van der Waals surface area contributed by atoms with Crippen molar-refractivity contribution >= 4 is 39.6 Å². The van der Waals surface area contributed by atoms with Crippen LogP contribution < -0.4 is 5.73 Å². The lowest BCUT2D eigenvalue weighted by Gasteiger charge is -2.08. The minimum atomic E-state index is -0.473. The lowest BCUT2D eigenvalue weighted by molar-refractivity contribution is 0.579. The molecule has 0 atom stereocenters. The van der Waals surface area contributed by atoms with E-state index < -0.39 is 11.6 Å². The number of rotatable bonds is 2. The maximum atomic E-state index is 13.7. The third-order valence-corrected chi connectivity index (χ3v) is 3.75. The number of halogens is 3. The van der Waals surface area contributed by atoms with Crippen LogP contribution in [0.2, 0.25) is 0 Å². The van der Waals surface area contributed by atoms with Crippen molar-refractivity contribution < 1.29 is 8.78 Å². The van der Waals surface area contributed by atoms with Gasteiger partial charge in [-0.25, -0.2) is 13.8 Å². The number of fused-ring (bicyclic) bond motifs is 1. The van der Waals surface area contributed by atoms with E-state index in [1.165, 1.54) is 6.07 Å². The van der Waals surface area contributed by atoms with Crippen LogP contribution in [-0.4, -0.2) is 9.55 Å². The van der Waals surface area contributed by atoms with Crippen LogP contribution in [0.3, 0.4) is 0 Å². The molecule has 2 N–H and O–H groups in total. The van der Waals surface area contributed by atoms with Gasteiger partial charge in [0, 0.05) is 9.13 Å². The molecule has 102 valence electrons. The minimum Gasteiger partial charge on any atom is -0.369 e. The lowest BCUT2D eigenvalue weighted by Crippen LogP contribution is -2.06. The van der Waals surface area contributed by atoms with E-state index in [1.54, 1.807) is 4.57 Å². The van der Waals surface area contributed by atoms with Crippen molar-refractivity contribution in [1.82, 2.24) is 9.55 Å². The van der Waals surface area contributed by atoms with Gasteiger partial charge in [-0.15, -0.1) is 0 Å². The molecule has 2 aromatic carbocycles. The Morgan fingerprint density at radius 1 is 1.15 bits per heavy atom. The Balaban J connectivity index is 2.10. The van der Waals surface area contributed by atoms with Crippen LogP contribution >= 0.6 is 22.6 Å². The fourth-order valence-corrected chi connectivity index (χ4v) is 2.60. The predicted molar refractivity (Wildman–Crippen MR) is 82.3 cm³/mol. The molecule has 0 radical (unpaired) electrons. The molecule has 0 unspecified atom stereocenters. The van der Waals surface area contributed by atoms with E-state index in [-0.39, 0.29) is 18.1 Å². The van der Waals surface area contributed by atoms with Gasteiger partial charge in [0.15, 0.2) is 0 Å². The Labute approximate surface area is 127 Å². The van der Waals surface area contributed by atoms with E-state index in [0.717, 1.165) is 26.7 Å². The van der Waals surface area contributed by atoms with E-state index in [4.69, 9.17) is 5.73 Å². The fourth-order valence-electron chi connectivity index (χ4n) is 2.12. The van der Waals surface area contributed by atoms with Crippen LogP contribution in [0.15, 0.2) is 36.4 Å². The highest BCUT2D eigenvalue weighted by atomic mass is 127. The van der Waals surface area contributed by atoms with Gasteiger partial charge in [0.2, 0.25) is 5.95 Å². The van der Waals surface area contributed by atoms with Gasteiger partial charge >= 0.3 is 0 Å². The van der Waals surface area contributed by atoms with Gasteiger partial charge < -0.3 is 10.3 Å². The molecule has 0 aliphatic rings. The summed E-state index contributed by atoms with van der Waals surface area (Å²) in [5.41, 5.74) is 7.66. The average Bonchev–Trinajstić information content (AvgIpc) is 2.69. The van der Waals surface area contributed by atoms with Crippen LogP contribution in [0.1, 0.15) is 5.56 Å². The number of anilines is 1. The van der Waals surface area contributed by atoms with Crippen molar-refractivity contribution in [2.45, 2.75) is 6.54 Å². The summed E-state index contributed by atoms with van der Waals surface area (Å²) in [6.45, 7) is 0.145. The lowest BCUT2D eigenvalue weighted by atomic mass is 10.2. The summed E-state index contributed by atoms with van der Waals surface area (Å²) in [5, 5.41) is 0. The Hall–Kier alpha value is -1.70. The fraction of sp³-hybridized carbons (Fsp3) is 0.0714. The smallest absolute Gasteiger partial charge is 0.201 e. The summed E-state index contributed by atoms with van der Waals surface area (Å²) in [7, 11) is 0. The minimum absolute atomic E-state index is 0.145. The number of nitrogens with zero attached hydrogens (tertiary/aromatic N) is 2. The highest BCUT2D eigenvalue weighted by Crippen LogP contribution is 2.22. The SMILES string of the molecule is Nc1nc2cc(I)ccc2n1Cc1cc(F)ccc1F. The Bertz CT molecular complexity index is 798. The highest BCUT2D eigenvalue weighted by Gasteiger charge is 2.11. The predicted octanol–water partition coefficient (Wildman–Crippen LogP) is 3.55. The van der Waals surface area contributed by atoms with Crippen LogP contribution in [0.4, 0.5) is 14.7 Å². The topological polar surface area (TPSA) is 43.8 Å². The molecule has 3 aromatic rings. The zero-order chi connectivity index (χ0) is 14.3. The standard InChI is InChI=1S/C14H10F2IN3/c15-9-1-3-11(16)8(5-9)7-20-13-4-2-10(17)6-12(13)19-14(20)18/h1-6H,7H2,(H2,18,19). The number of benzene rings is 2. The van der Waals surface area contributed by atoms with E-state index in [2.05, 4.69) is 27.6 Å². The number of imidazole rings is 1. The summed E-state index contributed by atoms with van der Waals surface area (Å²) >= 11 is 2.18. The van der Waals surface area contributed by atoms with Crippen LogP contribution in [0, 0.1) is 15.2 Å². The largest absolute Gasteiger partial charge is 0.369 e. The molecule has 0 aliphatic carbocycles. The molecule has 0 aliphatic heterocycles. The van der Waals surface area contributed by atoms with Gasteiger partial charge in [-0.1, -0.05) is 0 Å². The number of nitrogens with two attached hydrogens (primary N) is 1. The third-order valence-electron chi connectivity index (χ3n) is 3.08. The number of hydrogen-bond donors (Lipinski definition) is 1. The van der Waals surface area contributed by atoms with Crippen LogP contribution in [-0.2, 0) is 6.54 Å². The number of hydrogen-bond acceptors (Lipinski definition) is 2. The highest BCUT2D eigenvalue weighted by molar-refractivity contribution is 14.1. The van der Waals surface area contributed by atoms with Crippen molar-refractivity contribution in [1.29, 1.82) is 0 Å². The molecule has 0 fully saturated rings. The molecule has 0 saturated carbocycles.